The Morgan fingerprint density at radius 1 is 0.875 bits per heavy atom. The van der Waals surface area contributed by atoms with Crippen molar-refractivity contribution in [1.82, 2.24) is 29.4 Å². The number of hydrogen-bond donors (Lipinski definition) is 0. The number of benzene rings is 2. The maximum Gasteiger partial charge on any atom is 0.274 e. The highest BCUT2D eigenvalue weighted by Crippen LogP contribution is 2.35. The van der Waals surface area contributed by atoms with E-state index in [2.05, 4.69) is 29.4 Å². The number of piperidine rings is 1. The van der Waals surface area contributed by atoms with Gasteiger partial charge in [0.05, 0.1) is 23.1 Å². The van der Waals surface area contributed by atoms with E-state index in [0.717, 1.165) is 42.9 Å². The first kappa shape index (κ1) is 26.3. The number of carbonyl (C=O) groups is 2. The summed E-state index contributed by atoms with van der Waals surface area (Å²) >= 11 is 6.17. The topological polar surface area (TPSA) is 76.3 Å². The van der Waals surface area contributed by atoms with E-state index < -0.39 is 0 Å². The Labute approximate surface area is 239 Å². The lowest BCUT2D eigenvalue weighted by molar-refractivity contribution is 0.0700. The summed E-state index contributed by atoms with van der Waals surface area (Å²) in [4.78, 5) is 30.9. The van der Waals surface area contributed by atoms with Gasteiger partial charge in [0.1, 0.15) is 0 Å². The van der Waals surface area contributed by atoms with Gasteiger partial charge in [-0.05, 0) is 62.1 Å². The van der Waals surface area contributed by atoms with Crippen molar-refractivity contribution in [2.75, 3.05) is 26.2 Å². The third-order valence-electron chi connectivity index (χ3n) is 8.36. The molecule has 2 aliphatic heterocycles. The Morgan fingerprint density at radius 2 is 1.55 bits per heavy atom. The molecule has 9 heteroatoms. The summed E-state index contributed by atoms with van der Waals surface area (Å²) < 4.78 is 3.61. The smallest absolute Gasteiger partial charge is 0.274 e. The largest absolute Gasteiger partial charge is 0.338 e. The minimum Gasteiger partial charge on any atom is -0.338 e. The number of hydrogen-bond acceptors (Lipinski definition) is 4. The van der Waals surface area contributed by atoms with E-state index in [1.807, 2.05) is 64.9 Å². The summed E-state index contributed by atoms with van der Waals surface area (Å²) in [6.07, 6.45) is 4.15. The van der Waals surface area contributed by atoms with Crippen LogP contribution in [0.3, 0.4) is 0 Å². The Hall–Kier alpha value is -3.91. The van der Waals surface area contributed by atoms with Crippen molar-refractivity contribution in [3.63, 3.8) is 0 Å². The minimum absolute atomic E-state index is 0.0242. The number of halogens is 1. The molecule has 4 aromatic rings. The number of carbonyl (C=O) groups excluding carboxylic acids is 2. The van der Waals surface area contributed by atoms with Gasteiger partial charge in [-0.25, -0.2) is 4.68 Å². The van der Waals surface area contributed by atoms with Crippen LogP contribution in [0.15, 0.2) is 66.9 Å². The zero-order chi connectivity index (χ0) is 27.8. The lowest BCUT2D eigenvalue weighted by Gasteiger charge is -2.32. The highest BCUT2D eigenvalue weighted by Gasteiger charge is 2.35. The van der Waals surface area contributed by atoms with E-state index >= 15 is 0 Å². The second-order valence-electron chi connectivity index (χ2n) is 10.8. The van der Waals surface area contributed by atoms with Crippen LogP contribution in [0.2, 0.25) is 5.02 Å². The lowest BCUT2D eigenvalue weighted by Crippen LogP contribution is -2.39. The molecule has 2 amide bonds. The predicted octanol–water partition coefficient (Wildman–Crippen LogP) is 5.22. The minimum atomic E-state index is -0.0475. The summed E-state index contributed by atoms with van der Waals surface area (Å²) in [7, 11) is 1.84. The van der Waals surface area contributed by atoms with Gasteiger partial charge in [-0.3, -0.25) is 14.3 Å². The fraction of sp³-hybridized carbons (Fsp3) is 0.355. The Balaban J connectivity index is 1.25. The van der Waals surface area contributed by atoms with E-state index in [4.69, 9.17) is 16.7 Å². The molecule has 2 aromatic heterocycles. The van der Waals surface area contributed by atoms with Crippen molar-refractivity contribution in [2.45, 2.75) is 38.0 Å². The van der Waals surface area contributed by atoms with Crippen LogP contribution in [-0.4, -0.2) is 67.4 Å². The number of aromatic nitrogens is 4. The van der Waals surface area contributed by atoms with Crippen LogP contribution >= 0.6 is 11.6 Å². The fourth-order valence-corrected chi connectivity index (χ4v) is 6.13. The molecule has 4 heterocycles. The van der Waals surface area contributed by atoms with Crippen molar-refractivity contribution >= 4 is 23.4 Å². The first-order chi connectivity index (χ1) is 19.4. The molecular weight excluding hydrogens is 524 g/mol. The van der Waals surface area contributed by atoms with E-state index in [0.29, 0.717) is 41.8 Å². The highest BCUT2D eigenvalue weighted by molar-refractivity contribution is 6.30. The number of amides is 2. The molecule has 0 N–H and O–H groups in total. The van der Waals surface area contributed by atoms with Gasteiger partial charge >= 0.3 is 0 Å². The van der Waals surface area contributed by atoms with Crippen LogP contribution in [0.25, 0.3) is 5.69 Å². The maximum absolute atomic E-state index is 14.0. The Morgan fingerprint density at radius 3 is 2.23 bits per heavy atom. The van der Waals surface area contributed by atoms with Crippen LogP contribution in [-0.2, 0) is 7.05 Å². The van der Waals surface area contributed by atoms with Gasteiger partial charge in [-0.1, -0.05) is 41.9 Å². The number of aryl methyl sites for hydroxylation is 2. The van der Waals surface area contributed by atoms with Crippen molar-refractivity contribution in [3.8, 4) is 5.69 Å². The molecule has 2 aliphatic rings. The normalized spacial score (nSPS) is 17.9. The third kappa shape index (κ3) is 5.04. The average molecular weight is 557 g/mol. The van der Waals surface area contributed by atoms with Crippen LogP contribution in [0.5, 0.6) is 0 Å². The number of likely N-dealkylation sites (tertiary alicyclic amines) is 2. The summed E-state index contributed by atoms with van der Waals surface area (Å²) in [5.41, 5.74) is 5.12. The second-order valence-corrected chi connectivity index (χ2v) is 11.3. The van der Waals surface area contributed by atoms with Gasteiger partial charge in [0.15, 0.2) is 5.69 Å². The standard InChI is InChI=1S/C31H33ClN6O2/c1-21-18-28(34-35(21)2)31(40)36-15-12-23(13-16-36)29-27(19-33-38(29)26-10-8-25(32)9-11-26)30(39)37-17-14-24(20-37)22-6-4-3-5-7-22/h3-11,18-19,23-24H,12-17,20H2,1-2H3/t24-/m0/s1. The predicted molar refractivity (Wildman–Crippen MR) is 154 cm³/mol. The van der Waals surface area contributed by atoms with Gasteiger partial charge in [-0.15, -0.1) is 0 Å². The molecule has 1 atom stereocenters. The van der Waals surface area contributed by atoms with Crippen molar-refractivity contribution in [3.05, 3.63) is 100 Å². The number of rotatable bonds is 5. The van der Waals surface area contributed by atoms with E-state index in [9.17, 15) is 9.59 Å². The number of nitrogens with zero attached hydrogens (tertiary/aromatic N) is 6. The molecule has 0 aliphatic carbocycles. The van der Waals surface area contributed by atoms with Crippen LogP contribution < -0.4 is 0 Å². The molecule has 206 valence electrons. The molecule has 0 unspecified atom stereocenters. The summed E-state index contributed by atoms with van der Waals surface area (Å²) in [6, 6.07) is 19.8. The van der Waals surface area contributed by atoms with Crippen molar-refractivity contribution < 1.29 is 9.59 Å². The van der Waals surface area contributed by atoms with Crippen LogP contribution in [0.4, 0.5) is 0 Å². The second kappa shape index (κ2) is 10.9. The van der Waals surface area contributed by atoms with Crippen molar-refractivity contribution in [2.24, 2.45) is 7.05 Å². The van der Waals surface area contributed by atoms with Crippen LogP contribution in [0.1, 0.15) is 68.9 Å². The van der Waals surface area contributed by atoms with Crippen LogP contribution in [0, 0.1) is 6.92 Å². The third-order valence-corrected chi connectivity index (χ3v) is 8.61. The fourth-order valence-electron chi connectivity index (χ4n) is 6.00. The first-order valence-corrected chi connectivity index (χ1v) is 14.2. The van der Waals surface area contributed by atoms with Crippen molar-refractivity contribution in [1.29, 1.82) is 0 Å². The van der Waals surface area contributed by atoms with Gasteiger partial charge in [-0.2, -0.15) is 10.2 Å². The quantitative estimate of drug-likeness (QED) is 0.338. The first-order valence-electron chi connectivity index (χ1n) is 13.9. The van der Waals surface area contributed by atoms with E-state index in [1.165, 1.54) is 5.56 Å². The van der Waals surface area contributed by atoms with E-state index in [1.54, 1.807) is 10.9 Å². The molecule has 0 spiro atoms. The SMILES string of the molecule is Cc1cc(C(=O)N2CCC(c3c(C(=O)N4CC[C@H](c5ccccc5)C4)cnn3-c3ccc(Cl)cc3)CC2)nn1C. The molecule has 6 rings (SSSR count). The van der Waals surface area contributed by atoms with Gasteiger partial charge in [0, 0.05) is 55.8 Å². The summed E-state index contributed by atoms with van der Waals surface area (Å²) in [5, 5.41) is 9.73. The lowest BCUT2D eigenvalue weighted by atomic mass is 9.90. The van der Waals surface area contributed by atoms with Gasteiger partial charge in [0.2, 0.25) is 0 Å². The molecule has 2 saturated heterocycles. The molecule has 0 radical (unpaired) electrons. The monoisotopic (exact) mass is 556 g/mol. The zero-order valence-corrected chi connectivity index (χ0v) is 23.6. The molecule has 8 nitrogen and oxygen atoms in total. The Kier molecular flexibility index (Phi) is 7.19. The maximum atomic E-state index is 14.0. The average Bonchev–Trinajstić information content (AvgIpc) is 3.73. The van der Waals surface area contributed by atoms with Gasteiger partial charge in [0.25, 0.3) is 11.8 Å². The molecule has 2 aromatic carbocycles. The molecule has 40 heavy (non-hydrogen) atoms. The summed E-state index contributed by atoms with van der Waals surface area (Å²) in [6.45, 7) is 4.55. The summed E-state index contributed by atoms with van der Waals surface area (Å²) in [5.74, 6) is 0.397. The molecule has 0 bridgehead atoms. The Bertz CT molecular complexity index is 1500. The highest BCUT2D eigenvalue weighted by atomic mass is 35.5. The molecular formula is C31H33ClN6O2. The zero-order valence-electron chi connectivity index (χ0n) is 22.8. The molecule has 2 fully saturated rings. The van der Waals surface area contributed by atoms with E-state index in [-0.39, 0.29) is 17.7 Å². The van der Waals surface area contributed by atoms with Gasteiger partial charge < -0.3 is 9.80 Å². The molecule has 0 saturated carbocycles.